The Morgan fingerprint density at radius 1 is 1.44 bits per heavy atom. The molecular weight excluding hydrogens is 224 g/mol. The topological polar surface area (TPSA) is 33.2 Å². The highest BCUT2D eigenvalue weighted by atomic mass is 16.1. The van der Waals surface area contributed by atoms with Crippen molar-refractivity contribution in [2.24, 2.45) is 5.92 Å². The standard InChI is InChI=1S/C15H22N2O/c1-11-5-4-6-14(9-11)17(3)15-10-13(12(2)18)7-8-16-15/h7-8,10-11,14H,4-6,9H2,1-3H3. The Bertz CT molecular complexity index is 430. The second-order valence-corrected chi connectivity index (χ2v) is 5.50. The average Bonchev–Trinajstić information content (AvgIpc) is 2.38. The molecule has 2 atom stereocenters. The van der Waals surface area contributed by atoms with Crippen molar-refractivity contribution in [1.29, 1.82) is 0 Å². The Hall–Kier alpha value is -1.38. The minimum Gasteiger partial charge on any atom is -0.357 e. The van der Waals surface area contributed by atoms with Crippen LogP contribution in [0.25, 0.3) is 0 Å². The van der Waals surface area contributed by atoms with Gasteiger partial charge in [0.2, 0.25) is 0 Å². The first-order valence-corrected chi connectivity index (χ1v) is 6.77. The number of carbonyl (C=O) groups is 1. The van der Waals surface area contributed by atoms with E-state index in [0.29, 0.717) is 6.04 Å². The maximum Gasteiger partial charge on any atom is 0.159 e. The van der Waals surface area contributed by atoms with Gasteiger partial charge in [0, 0.05) is 24.8 Å². The highest BCUT2D eigenvalue weighted by molar-refractivity contribution is 5.94. The molecule has 0 radical (unpaired) electrons. The molecule has 1 aromatic rings. The number of hydrogen-bond acceptors (Lipinski definition) is 3. The molecule has 1 aliphatic carbocycles. The first kappa shape index (κ1) is 13.1. The number of Topliss-reactive ketones (excluding diaryl/α,β-unsaturated/α-hetero) is 1. The molecule has 3 heteroatoms. The summed E-state index contributed by atoms with van der Waals surface area (Å²) in [6.07, 6.45) is 6.82. The van der Waals surface area contributed by atoms with Gasteiger partial charge in [-0.25, -0.2) is 4.98 Å². The summed E-state index contributed by atoms with van der Waals surface area (Å²) in [7, 11) is 2.09. The molecule has 0 aromatic carbocycles. The zero-order valence-corrected chi connectivity index (χ0v) is 11.5. The van der Waals surface area contributed by atoms with Gasteiger partial charge >= 0.3 is 0 Å². The van der Waals surface area contributed by atoms with Crippen LogP contribution in [0.4, 0.5) is 5.82 Å². The Morgan fingerprint density at radius 3 is 2.89 bits per heavy atom. The van der Waals surface area contributed by atoms with Crippen LogP contribution < -0.4 is 4.90 Å². The summed E-state index contributed by atoms with van der Waals surface area (Å²) in [5, 5.41) is 0. The third kappa shape index (κ3) is 2.89. The number of nitrogens with zero attached hydrogens (tertiary/aromatic N) is 2. The minimum absolute atomic E-state index is 0.101. The maximum absolute atomic E-state index is 11.4. The lowest BCUT2D eigenvalue weighted by Crippen LogP contribution is -2.36. The molecule has 1 aromatic heterocycles. The van der Waals surface area contributed by atoms with E-state index in [9.17, 15) is 4.79 Å². The SMILES string of the molecule is CC(=O)c1ccnc(N(C)C2CCCC(C)C2)c1. The molecule has 1 saturated carbocycles. The summed E-state index contributed by atoms with van der Waals surface area (Å²) in [5.74, 6) is 1.81. The Kier molecular flexibility index (Phi) is 4.00. The largest absolute Gasteiger partial charge is 0.357 e. The van der Waals surface area contributed by atoms with Gasteiger partial charge in [0.15, 0.2) is 5.78 Å². The van der Waals surface area contributed by atoms with E-state index >= 15 is 0 Å². The Balaban J connectivity index is 2.14. The molecule has 1 fully saturated rings. The number of aromatic nitrogens is 1. The summed E-state index contributed by atoms with van der Waals surface area (Å²) < 4.78 is 0. The van der Waals surface area contributed by atoms with E-state index in [-0.39, 0.29) is 5.78 Å². The van der Waals surface area contributed by atoms with E-state index in [4.69, 9.17) is 0 Å². The first-order valence-electron chi connectivity index (χ1n) is 6.77. The molecule has 1 heterocycles. The van der Waals surface area contributed by atoms with E-state index in [1.807, 2.05) is 6.07 Å². The molecule has 1 aliphatic rings. The van der Waals surface area contributed by atoms with E-state index in [0.717, 1.165) is 17.3 Å². The molecule has 0 N–H and O–H groups in total. The highest BCUT2D eigenvalue weighted by Crippen LogP contribution is 2.28. The quantitative estimate of drug-likeness (QED) is 0.767. The minimum atomic E-state index is 0.101. The molecule has 3 nitrogen and oxygen atoms in total. The predicted molar refractivity (Wildman–Crippen MR) is 74.1 cm³/mol. The van der Waals surface area contributed by atoms with Crippen LogP contribution in [0.3, 0.4) is 0 Å². The third-order valence-electron chi connectivity index (χ3n) is 3.97. The summed E-state index contributed by atoms with van der Waals surface area (Å²) in [6.45, 7) is 3.92. The molecule has 0 bridgehead atoms. The van der Waals surface area contributed by atoms with Crippen LogP contribution in [0.1, 0.15) is 49.9 Å². The molecule has 0 saturated heterocycles. The summed E-state index contributed by atoms with van der Waals surface area (Å²) in [6, 6.07) is 4.24. The smallest absolute Gasteiger partial charge is 0.159 e. The fraction of sp³-hybridized carbons (Fsp3) is 0.600. The van der Waals surface area contributed by atoms with Gasteiger partial charge in [-0.15, -0.1) is 0 Å². The highest BCUT2D eigenvalue weighted by Gasteiger charge is 2.23. The van der Waals surface area contributed by atoms with Crippen molar-refractivity contribution < 1.29 is 4.79 Å². The number of rotatable bonds is 3. The van der Waals surface area contributed by atoms with Gasteiger partial charge in [-0.05, 0) is 37.8 Å². The average molecular weight is 246 g/mol. The molecule has 2 unspecified atom stereocenters. The summed E-state index contributed by atoms with van der Waals surface area (Å²) in [5.41, 5.74) is 0.746. The maximum atomic E-state index is 11.4. The van der Waals surface area contributed by atoms with Gasteiger partial charge in [0.1, 0.15) is 5.82 Å². The lowest BCUT2D eigenvalue weighted by molar-refractivity contribution is 0.101. The Morgan fingerprint density at radius 2 is 2.22 bits per heavy atom. The van der Waals surface area contributed by atoms with Gasteiger partial charge in [-0.1, -0.05) is 19.8 Å². The van der Waals surface area contributed by atoms with E-state index < -0.39 is 0 Å². The normalized spacial score (nSPS) is 23.7. The van der Waals surface area contributed by atoms with Crippen LogP contribution >= 0.6 is 0 Å². The van der Waals surface area contributed by atoms with Crippen molar-refractivity contribution in [2.75, 3.05) is 11.9 Å². The molecule has 98 valence electrons. The second kappa shape index (κ2) is 5.51. The van der Waals surface area contributed by atoms with Gasteiger partial charge < -0.3 is 4.90 Å². The van der Waals surface area contributed by atoms with Crippen molar-refractivity contribution in [2.45, 2.75) is 45.6 Å². The molecule has 0 amide bonds. The number of ketones is 1. The van der Waals surface area contributed by atoms with Gasteiger partial charge in [0.05, 0.1) is 0 Å². The number of anilines is 1. The van der Waals surface area contributed by atoms with Crippen molar-refractivity contribution in [3.63, 3.8) is 0 Å². The van der Waals surface area contributed by atoms with Crippen molar-refractivity contribution in [1.82, 2.24) is 4.98 Å². The van der Waals surface area contributed by atoms with Crippen LogP contribution in [0.2, 0.25) is 0 Å². The van der Waals surface area contributed by atoms with Crippen molar-refractivity contribution in [3.05, 3.63) is 23.9 Å². The van der Waals surface area contributed by atoms with Crippen molar-refractivity contribution >= 4 is 11.6 Å². The first-order chi connectivity index (χ1) is 8.58. The van der Waals surface area contributed by atoms with Crippen LogP contribution in [0.15, 0.2) is 18.3 Å². The van der Waals surface area contributed by atoms with Gasteiger partial charge in [-0.2, -0.15) is 0 Å². The monoisotopic (exact) mass is 246 g/mol. The van der Waals surface area contributed by atoms with E-state index in [1.54, 1.807) is 19.2 Å². The zero-order chi connectivity index (χ0) is 13.1. The van der Waals surface area contributed by atoms with E-state index in [2.05, 4.69) is 23.9 Å². The molecule has 0 spiro atoms. The number of carbonyl (C=O) groups excluding carboxylic acids is 1. The van der Waals surface area contributed by atoms with Crippen molar-refractivity contribution in [3.8, 4) is 0 Å². The lowest BCUT2D eigenvalue weighted by Gasteiger charge is -2.35. The van der Waals surface area contributed by atoms with Gasteiger partial charge in [0.25, 0.3) is 0 Å². The predicted octanol–water partition coefficient (Wildman–Crippen LogP) is 3.30. The lowest BCUT2D eigenvalue weighted by atomic mass is 9.86. The summed E-state index contributed by atoms with van der Waals surface area (Å²) >= 11 is 0. The van der Waals surface area contributed by atoms with Crippen LogP contribution in [0.5, 0.6) is 0 Å². The molecule has 18 heavy (non-hydrogen) atoms. The second-order valence-electron chi connectivity index (χ2n) is 5.50. The Labute approximate surface area is 109 Å². The molecular formula is C15H22N2O. The fourth-order valence-electron chi connectivity index (χ4n) is 2.77. The molecule has 2 rings (SSSR count). The van der Waals surface area contributed by atoms with Crippen LogP contribution in [-0.4, -0.2) is 23.9 Å². The molecule has 0 aliphatic heterocycles. The number of hydrogen-bond donors (Lipinski definition) is 0. The van der Waals surface area contributed by atoms with E-state index in [1.165, 1.54) is 25.7 Å². The zero-order valence-electron chi connectivity index (χ0n) is 11.5. The van der Waals surface area contributed by atoms with Gasteiger partial charge in [-0.3, -0.25) is 4.79 Å². The third-order valence-corrected chi connectivity index (χ3v) is 3.97. The summed E-state index contributed by atoms with van der Waals surface area (Å²) in [4.78, 5) is 18.0. The van der Waals surface area contributed by atoms with Crippen LogP contribution in [-0.2, 0) is 0 Å². The fourth-order valence-corrected chi connectivity index (χ4v) is 2.77. The number of pyridine rings is 1. The van der Waals surface area contributed by atoms with Crippen LogP contribution in [0, 0.1) is 5.92 Å².